The van der Waals surface area contributed by atoms with Gasteiger partial charge in [-0.15, -0.1) is 0 Å². The second-order valence-electron chi connectivity index (χ2n) is 3.76. The minimum absolute atomic E-state index is 0.145. The van der Waals surface area contributed by atoms with Crippen molar-refractivity contribution in [3.8, 4) is 0 Å². The number of primary amides is 1. The number of hydrogen-bond donors (Lipinski definition) is 2. The normalized spacial score (nSPS) is 15.1. The molecule has 0 fully saturated rings. The predicted molar refractivity (Wildman–Crippen MR) is 61.9 cm³/mol. The van der Waals surface area contributed by atoms with Crippen molar-refractivity contribution in [2.45, 2.75) is 26.3 Å². The van der Waals surface area contributed by atoms with Gasteiger partial charge in [0.05, 0.1) is 4.99 Å². The maximum Gasteiger partial charge on any atom is 0.221 e. The molecule has 0 aromatic heterocycles. The lowest BCUT2D eigenvalue weighted by Crippen LogP contribution is -2.38. The second-order valence-corrected chi connectivity index (χ2v) is 4.29. The molecule has 14 heavy (non-hydrogen) atoms. The van der Waals surface area contributed by atoms with Gasteiger partial charge in [0.2, 0.25) is 5.91 Å². The van der Waals surface area contributed by atoms with Gasteiger partial charge in [0.15, 0.2) is 0 Å². The van der Waals surface area contributed by atoms with Crippen LogP contribution < -0.4 is 11.5 Å². The Kier molecular flexibility index (Phi) is 5.64. The molecule has 4 N–H and O–H groups in total. The lowest BCUT2D eigenvalue weighted by atomic mass is 10.1. The number of thiocarbonyl (C=S) groups is 1. The Morgan fingerprint density at radius 1 is 1.43 bits per heavy atom. The van der Waals surface area contributed by atoms with Crippen LogP contribution in [0.15, 0.2) is 0 Å². The fraction of sp³-hybridized carbons (Fsp3) is 0.778. The number of nitrogens with two attached hydrogens (primary N) is 2. The second kappa shape index (κ2) is 5.93. The Morgan fingerprint density at radius 2 is 1.93 bits per heavy atom. The summed E-state index contributed by atoms with van der Waals surface area (Å²) in [5.74, 6) is -0.423. The minimum Gasteiger partial charge on any atom is -0.393 e. The summed E-state index contributed by atoms with van der Waals surface area (Å²) in [6.07, 6.45) is 0.664. The number of amides is 1. The van der Waals surface area contributed by atoms with Crippen molar-refractivity contribution in [3.05, 3.63) is 0 Å². The molecule has 0 aromatic carbocycles. The monoisotopic (exact) mass is 217 g/mol. The van der Waals surface area contributed by atoms with E-state index in [0.717, 1.165) is 0 Å². The highest BCUT2D eigenvalue weighted by atomic mass is 32.1. The lowest BCUT2D eigenvalue weighted by Gasteiger charge is -2.26. The fourth-order valence-electron chi connectivity index (χ4n) is 1.15. The Hall–Kier alpha value is -0.680. The van der Waals surface area contributed by atoms with E-state index in [2.05, 4.69) is 0 Å². The molecule has 0 bridgehead atoms. The quantitative estimate of drug-likeness (QED) is 0.619. The largest absolute Gasteiger partial charge is 0.393 e. The lowest BCUT2D eigenvalue weighted by molar-refractivity contribution is -0.121. The summed E-state index contributed by atoms with van der Waals surface area (Å²) < 4.78 is 0. The highest BCUT2D eigenvalue weighted by molar-refractivity contribution is 7.80. The molecule has 0 heterocycles. The number of nitrogens with zero attached hydrogens (tertiary/aromatic N) is 1. The van der Waals surface area contributed by atoms with Gasteiger partial charge in [-0.2, -0.15) is 0 Å². The van der Waals surface area contributed by atoms with Gasteiger partial charge in [0, 0.05) is 24.9 Å². The van der Waals surface area contributed by atoms with E-state index < -0.39 is 0 Å². The summed E-state index contributed by atoms with van der Waals surface area (Å²) in [5, 5.41) is 0. The number of carbonyl (C=O) groups excluding carboxylic acids is 1. The SMILES string of the molecule is CC(CN(C)C(C)CC(N)=S)C(N)=O. The van der Waals surface area contributed by atoms with E-state index in [4.69, 9.17) is 23.7 Å². The topological polar surface area (TPSA) is 72.3 Å². The van der Waals surface area contributed by atoms with Crippen LogP contribution in [0.1, 0.15) is 20.3 Å². The van der Waals surface area contributed by atoms with Gasteiger partial charge >= 0.3 is 0 Å². The van der Waals surface area contributed by atoms with Crippen molar-refractivity contribution in [1.82, 2.24) is 4.90 Å². The maximum absolute atomic E-state index is 10.8. The highest BCUT2D eigenvalue weighted by Crippen LogP contribution is 2.05. The van der Waals surface area contributed by atoms with E-state index >= 15 is 0 Å². The molecule has 2 atom stereocenters. The van der Waals surface area contributed by atoms with E-state index in [1.54, 1.807) is 0 Å². The van der Waals surface area contributed by atoms with E-state index in [1.165, 1.54) is 0 Å². The van der Waals surface area contributed by atoms with Gasteiger partial charge in [0.1, 0.15) is 0 Å². The van der Waals surface area contributed by atoms with Crippen LogP contribution in [0.5, 0.6) is 0 Å². The first kappa shape index (κ1) is 13.3. The fourth-order valence-corrected chi connectivity index (χ4v) is 1.39. The molecule has 0 saturated carbocycles. The third-order valence-electron chi connectivity index (χ3n) is 2.30. The summed E-state index contributed by atoms with van der Waals surface area (Å²) in [5.41, 5.74) is 10.6. The molecule has 5 heteroatoms. The molecule has 2 unspecified atom stereocenters. The van der Waals surface area contributed by atoms with Gasteiger partial charge in [-0.05, 0) is 14.0 Å². The summed E-state index contributed by atoms with van der Waals surface area (Å²) in [6.45, 7) is 4.47. The van der Waals surface area contributed by atoms with Crippen molar-refractivity contribution in [2.75, 3.05) is 13.6 Å². The third-order valence-corrected chi connectivity index (χ3v) is 2.46. The van der Waals surface area contributed by atoms with Gasteiger partial charge in [-0.25, -0.2) is 0 Å². The molecule has 0 aliphatic carbocycles. The van der Waals surface area contributed by atoms with Gasteiger partial charge < -0.3 is 16.4 Å². The molecule has 0 aliphatic rings. The molecule has 0 saturated heterocycles. The zero-order chi connectivity index (χ0) is 11.3. The molecule has 0 aromatic rings. The van der Waals surface area contributed by atoms with Gasteiger partial charge in [-0.1, -0.05) is 19.1 Å². The van der Waals surface area contributed by atoms with E-state index in [9.17, 15) is 4.79 Å². The Balaban J connectivity index is 4.00. The van der Waals surface area contributed by atoms with Crippen LogP contribution in [0, 0.1) is 5.92 Å². The maximum atomic E-state index is 10.8. The van der Waals surface area contributed by atoms with Gasteiger partial charge in [0.25, 0.3) is 0 Å². The smallest absolute Gasteiger partial charge is 0.221 e. The summed E-state index contributed by atoms with van der Waals surface area (Å²) in [7, 11) is 1.93. The van der Waals surface area contributed by atoms with Crippen LogP contribution in [-0.4, -0.2) is 35.4 Å². The molecule has 0 aliphatic heterocycles. The predicted octanol–water partition coefficient (Wildman–Crippen LogP) is 0.104. The van der Waals surface area contributed by atoms with Crippen LogP contribution in [0.4, 0.5) is 0 Å². The third kappa shape index (κ3) is 5.14. The Labute approximate surface area is 90.6 Å². The molecule has 82 valence electrons. The zero-order valence-corrected chi connectivity index (χ0v) is 9.80. The average Bonchev–Trinajstić information content (AvgIpc) is 2.02. The molecule has 0 radical (unpaired) electrons. The molecular formula is C9H19N3OS. The van der Waals surface area contributed by atoms with Crippen LogP contribution >= 0.6 is 12.2 Å². The first-order valence-corrected chi connectivity index (χ1v) is 5.03. The number of carbonyl (C=O) groups is 1. The van der Waals surface area contributed by atoms with Crippen LogP contribution in [-0.2, 0) is 4.79 Å². The van der Waals surface area contributed by atoms with Crippen molar-refractivity contribution < 1.29 is 4.79 Å². The first-order valence-electron chi connectivity index (χ1n) is 4.62. The van der Waals surface area contributed by atoms with Crippen LogP contribution in [0.2, 0.25) is 0 Å². The van der Waals surface area contributed by atoms with E-state index in [0.29, 0.717) is 18.0 Å². The van der Waals surface area contributed by atoms with E-state index in [1.807, 2.05) is 25.8 Å². The standard InChI is InChI=1S/C9H19N3OS/c1-6(9(11)13)5-12(3)7(2)4-8(10)14/h6-7H,4-5H2,1-3H3,(H2,10,14)(H2,11,13). The van der Waals surface area contributed by atoms with Crippen molar-refractivity contribution in [1.29, 1.82) is 0 Å². The summed E-state index contributed by atoms with van der Waals surface area (Å²) in [4.78, 5) is 13.4. The van der Waals surface area contributed by atoms with Crippen molar-refractivity contribution in [2.24, 2.45) is 17.4 Å². The minimum atomic E-state index is -0.278. The number of rotatable bonds is 6. The molecule has 0 rings (SSSR count). The molecular weight excluding hydrogens is 198 g/mol. The van der Waals surface area contributed by atoms with Crippen LogP contribution in [0.25, 0.3) is 0 Å². The summed E-state index contributed by atoms with van der Waals surface area (Å²) >= 11 is 4.82. The average molecular weight is 217 g/mol. The van der Waals surface area contributed by atoms with Crippen molar-refractivity contribution >= 4 is 23.1 Å². The Bertz CT molecular complexity index is 220. The van der Waals surface area contributed by atoms with Crippen LogP contribution in [0.3, 0.4) is 0 Å². The van der Waals surface area contributed by atoms with Crippen molar-refractivity contribution in [3.63, 3.8) is 0 Å². The van der Waals surface area contributed by atoms with Gasteiger partial charge in [-0.3, -0.25) is 4.79 Å². The summed E-state index contributed by atoms with van der Waals surface area (Å²) in [6, 6.07) is 0.245. The molecule has 1 amide bonds. The first-order chi connectivity index (χ1) is 6.34. The van der Waals surface area contributed by atoms with E-state index in [-0.39, 0.29) is 17.9 Å². The number of hydrogen-bond acceptors (Lipinski definition) is 3. The molecule has 0 spiro atoms. The zero-order valence-electron chi connectivity index (χ0n) is 8.99. The highest BCUT2D eigenvalue weighted by Gasteiger charge is 2.16. The molecule has 4 nitrogen and oxygen atoms in total. The Morgan fingerprint density at radius 3 is 2.29 bits per heavy atom.